The predicted molar refractivity (Wildman–Crippen MR) is 99.3 cm³/mol. The summed E-state index contributed by atoms with van der Waals surface area (Å²) in [6.07, 6.45) is -0.634. The van der Waals surface area contributed by atoms with Crippen LogP contribution in [0.15, 0.2) is 52.4 Å². The molecule has 1 aliphatic rings. The van der Waals surface area contributed by atoms with E-state index in [1.807, 2.05) is 0 Å². The van der Waals surface area contributed by atoms with E-state index in [1.165, 1.54) is 31.4 Å². The summed E-state index contributed by atoms with van der Waals surface area (Å²) in [5.41, 5.74) is 1.90. The fourth-order valence-electron chi connectivity index (χ4n) is 2.12. The summed E-state index contributed by atoms with van der Waals surface area (Å²) in [4.78, 5) is 15.5. The number of nitrogens with one attached hydrogen (secondary N) is 2. The molecule has 26 heavy (non-hydrogen) atoms. The van der Waals surface area contributed by atoms with E-state index >= 15 is 0 Å². The first-order chi connectivity index (χ1) is 12.4. The maximum absolute atomic E-state index is 12.4. The van der Waals surface area contributed by atoms with Crippen LogP contribution in [0.25, 0.3) is 0 Å². The first-order valence-corrected chi connectivity index (χ1v) is 9.61. The average molecular weight is 393 g/mol. The summed E-state index contributed by atoms with van der Waals surface area (Å²) in [5.74, 6) is 0.151. The lowest BCUT2D eigenvalue weighted by atomic mass is 10.2. The van der Waals surface area contributed by atoms with Crippen LogP contribution < -0.4 is 14.2 Å². The zero-order valence-electron chi connectivity index (χ0n) is 13.8. The van der Waals surface area contributed by atoms with Crippen LogP contribution in [0.2, 0.25) is 0 Å². The molecule has 0 saturated heterocycles. The van der Waals surface area contributed by atoms with Crippen LogP contribution in [0.3, 0.4) is 0 Å². The number of hydrogen-bond acceptors (Lipinski definition) is 8. The van der Waals surface area contributed by atoms with Gasteiger partial charge in [-0.2, -0.15) is 8.42 Å². The Morgan fingerprint density at radius 2 is 2.04 bits per heavy atom. The number of benzene rings is 2. The van der Waals surface area contributed by atoms with Crippen molar-refractivity contribution in [3.8, 4) is 5.75 Å². The van der Waals surface area contributed by atoms with E-state index in [-0.39, 0.29) is 10.6 Å². The van der Waals surface area contributed by atoms with Crippen LogP contribution in [0.1, 0.15) is 5.56 Å². The van der Waals surface area contributed by atoms with E-state index in [2.05, 4.69) is 19.8 Å². The molecule has 10 heteroatoms. The van der Waals surface area contributed by atoms with E-state index in [1.54, 1.807) is 25.1 Å². The third kappa shape index (κ3) is 4.09. The topological polar surface area (TPSA) is 106 Å². The zero-order valence-corrected chi connectivity index (χ0v) is 15.5. The molecule has 0 atom stereocenters. The Bertz CT molecular complexity index is 989. The second kappa shape index (κ2) is 7.26. The molecule has 2 N–H and O–H groups in total. The first-order valence-electron chi connectivity index (χ1n) is 7.39. The van der Waals surface area contributed by atoms with Crippen molar-refractivity contribution in [2.75, 3.05) is 11.8 Å². The molecule has 0 aliphatic carbocycles. The van der Waals surface area contributed by atoms with E-state index in [0.29, 0.717) is 16.5 Å². The van der Waals surface area contributed by atoms with E-state index in [9.17, 15) is 13.2 Å². The maximum Gasteiger partial charge on any atom is 0.412 e. The molecule has 3 rings (SSSR count). The Morgan fingerprint density at radius 3 is 2.77 bits per heavy atom. The lowest BCUT2D eigenvalue weighted by Gasteiger charge is -2.17. The Balaban J connectivity index is 1.81. The van der Waals surface area contributed by atoms with E-state index in [4.69, 9.17) is 4.18 Å². The summed E-state index contributed by atoms with van der Waals surface area (Å²) in [7, 11) is -2.68. The number of amides is 1. The summed E-state index contributed by atoms with van der Waals surface area (Å²) >= 11 is 1.06. The number of nitrogens with zero attached hydrogens (tertiary/aromatic N) is 1. The van der Waals surface area contributed by atoms with Crippen molar-refractivity contribution in [2.24, 2.45) is 4.99 Å². The highest BCUT2D eigenvalue weighted by Gasteiger charge is 2.19. The number of carbonyl (C=O) groups excluding carboxylic acids is 1. The number of aliphatic imine (C=N–C) groups is 1. The largest absolute Gasteiger partial charge is 0.453 e. The van der Waals surface area contributed by atoms with Crippen molar-refractivity contribution in [1.29, 1.82) is 0 Å². The van der Waals surface area contributed by atoms with Gasteiger partial charge in [-0.05, 0) is 36.8 Å². The van der Waals surface area contributed by atoms with Gasteiger partial charge in [-0.1, -0.05) is 12.1 Å². The van der Waals surface area contributed by atoms with Crippen LogP contribution in [0, 0.1) is 6.92 Å². The molecule has 0 fully saturated rings. The van der Waals surface area contributed by atoms with E-state index in [0.717, 1.165) is 17.5 Å². The molecule has 1 aliphatic heterocycles. The van der Waals surface area contributed by atoms with Crippen LogP contribution in [-0.2, 0) is 14.9 Å². The van der Waals surface area contributed by atoms with Gasteiger partial charge in [0.05, 0.1) is 18.5 Å². The number of anilines is 1. The van der Waals surface area contributed by atoms with Crippen LogP contribution in [0.5, 0.6) is 5.75 Å². The number of amidine groups is 1. The molecule has 0 radical (unpaired) electrons. The van der Waals surface area contributed by atoms with Crippen molar-refractivity contribution >= 4 is 44.7 Å². The molecule has 0 bridgehead atoms. The Kier molecular flexibility index (Phi) is 5.05. The van der Waals surface area contributed by atoms with Gasteiger partial charge in [-0.25, -0.2) is 9.79 Å². The van der Waals surface area contributed by atoms with Gasteiger partial charge in [0.1, 0.15) is 10.6 Å². The second-order valence-corrected chi connectivity index (χ2v) is 7.61. The molecule has 1 amide bonds. The van der Waals surface area contributed by atoms with Gasteiger partial charge in [0.2, 0.25) is 0 Å². The number of rotatable bonds is 3. The molecular weight excluding hydrogens is 378 g/mol. The summed E-state index contributed by atoms with van der Waals surface area (Å²) < 4.78 is 37.5. The lowest BCUT2D eigenvalue weighted by molar-refractivity contribution is 0.177. The molecular formula is C16H15N3O5S2. The van der Waals surface area contributed by atoms with Gasteiger partial charge in [0.25, 0.3) is 0 Å². The fraction of sp³-hybridized carbons (Fsp3) is 0.125. The third-order valence-electron chi connectivity index (χ3n) is 3.33. The van der Waals surface area contributed by atoms with Gasteiger partial charge in [0, 0.05) is 18.0 Å². The van der Waals surface area contributed by atoms with Gasteiger partial charge >= 0.3 is 16.2 Å². The Labute approximate surface area is 154 Å². The minimum atomic E-state index is -3.94. The minimum absolute atomic E-state index is 0.0835. The predicted octanol–water partition coefficient (Wildman–Crippen LogP) is 3.18. The summed E-state index contributed by atoms with van der Waals surface area (Å²) in [6, 6.07) is 11.1. The molecule has 2 aromatic rings. The molecule has 136 valence electrons. The van der Waals surface area contributed by atoms with Gasteiger partial charge < -0.3 is 13.6 Å². The summed E-state index contributed by atoms with van der Waals surface area (Å²) in [6.45, 7) is 1.80. The normalized spacial score (nSPS) is 13.1. The molecule has 8 nitrogen and oxygen atoms in total. The Hall–Kier alpha value is -2.72. The van der Waals surface area contributed by atoms with Crippen molar-refractivity contribution < 1.29 is 22.1 Å². The highest BCUT2D eigenvalue weighted by atomic mass is 32.2. The van der Waals surface area contributed by atoms with Gasteiger partial charge in [-0.15, -0.1) is 0 Å². The molecule has 0 unspecified atom stereocenters. The molecule has 0 saturated carbocycles. The highest BCUT2D eigenvalue weighted by molar-refractivity contribution is 8.15. The number of fused-ring (bicyclic) bond motifs is 1. The molecule has 1 heterocycles. The molecule has 0 aromatic heterocycles. The van der Waals surface area contributed by atoms with Crippen LogP contribution in [-0.4, -0.2) is 26.8 Å². The van der Waals surface area contributed by atoms with Crippen molar-refractivity contribution in [1.82, 2.24) is 5.32 Å². The monoisotopic (exact) mass is 393 g/mol. The Morgan fingerprint density at radius 1 is 1.23 bits per heavy atom. The van der Waals surface area contributed by atoms with E-state index < -0.39 is 16.2 Å². The van der Waals surface area contributed by atoms with Crippen molar-refractivity contribution in [2.45, 2.75) is 11.8 Å². The number of hydrogen-bond donors (Lipinski definition) is 2. The quantitative estimate of drug-likeness (QED) is 0.609. The second-order valence-electron chi connectivity index (χ2n) is 5.27. The maximum atomic E-state index is 12.4. The minimum Gasteiger partial charge on any atom is -0.453 e. The van der Waals surface area contributed by atoms with Crippen molar-refractivity contribution in [3.05, 3.63) is 48.0 Å². The van der Waals surface area contributed by atoms with Crippen LogP contribution >= 0.6 is 11.9 Å². The SMILES string of the molecule is COC(=O)NC1=Nc2ccc(OS(=O)(=O)c3cccc(C)c3)cc2NS1. The van der Waals surface area contributed by atoms with Gasteiger partial charge in [-0.3, -0.25) is 5.32 Å². The standard InChI is InChI=1S/C16H15N3O5S2/c1-10-4-3-5-12(8-10)26(21,22)24-11-6-7-13-14(9-11)19-25-15(17-13)18-16(20)23-2/h3-9,19H,1-2H3,(H,17,18,20). The fourth-order valence-corrected chi connectivity index (χ4v) is 3.80. The zero-order chi connectivity index (χ0) is 18.7. The smallest absolute Gasteiger partial charge is 0.412 e. The van der Waals surface area contributed by atoms with Crippen molar-refractivity contribution in [3.63, 3.8) is 0 Å². The highest BCUT2D eigenvalue weighted by Crippen LogP contribution is 2.36. The number of aryl methyl sites for hydroxylation is 1. The third-order valence-corrected chi connectivity index (χ3v) is 5.28. The lowest BCUT2D eigenvalue weighted by Crippen LogP contribution is -2.29. The van der Waals surface area contributed by atoms with Gasteiger partial charge in [0.15, 0.2) is 5.17 Å². The number of carbonyl (C=O) groups is 1. The average Bonchev–Trinajstić information content (AvgIpc) is 2.61. The molecule has 2 aromatic carbocycles. The number of alkyl carbamates (subject to hydrolysis) is 1. The number of methoxy groups -OCH3 is 1. The van der Waals surface area contributed by atoms with Crippen LogP contribution in [0.4, 0.5) is 16.2 Å². The number of ether oxygens (including phenoxy) is 1. The first kappa shape index (κ1) is 18.1. The molecule has 0 spiro atoms. The summed E-state index contributed by atoms with van der Waals surface area (Å²) in [5, 5.41) is 2.76.